The standard InChI is InChI=1S/C22H33FN4.3ClH/c1-4-21-22(16(3)27(5-2)25-21)17-9-12-26(13-10-17)14-11-20(24)18-7-6-8-19(23)15-18;;;/h6-8,15,17,20H,4-5,9-14,24H2,1-3H3;3*1H/t20-;;;/m0.../s1. The van der Waals surface area contributed by atoms with Gasteiger partial charge in [-0.3, -0.25) is 4.68 Å². The lowest BCUT2D eigenvalue weighted by atomic mass is 9.87. The van der Waals surface area contributed by atoms with E-state index in [4.69, 9.17) is 10.8 Å². The molecular weight excluding hydrogens is 446 g/mol. The Morgan fingerprint density at radius 1 is 1.17 bits per heavy atom. The number of halogens is 4. The highest BCUT2D eigenvalue weighted by Gasteiger charge is 2.26. The van der Waals surface area contributed by atoms with Crippen molar-refractivity contribution >= 4 is 37.2 Å². The van der Waals surface area contributed by atoms with Gasteiger partial charge in [0.15, 0.2) is 0 Å². The second kappa shape index (κ2) is 13.5. The summed E-state index contributed by atoms with van der Waals surface area (Å²) in [6, 6.07) is 6.57. The summed E-state index contributed by atoms with van der Waals surface area (Å²) >= 11 is 0. The number of nitrogens with two attached hydrogens (primary N) is 1. The van der Waals surface area contributed by atoms with E-state index >= 15 is 0 Å². The van der Waals surface area contributed by atoms with Crippen LogP contribution in [0.5, 0.6) is 0 Å². The van der Waals surface area contributed by atoms with Gasteiger partial charge in [0, 0.05) is 18.3 Å². The predicted molar refractivity (Wildman–Crippen MR) is 130 cm³/mol. The number of rotatable bonds is 7. The lowest BCUT2D eigenvalue weighted by molar-refractivity contribution is 0.205. The smallest absolute Gasteiger partial charge is 0.123 e. The molecule has 2 heterocycles. The Morgan fingerprint density at radius 2 is 1.83 bits per heavy atom. The molecular formula is C22H36Cl3FN4. The maximum Gasteiger partial charge on any atom is 0.123 e. The van der Waals surface area contributed by atoms with Crippen molar-refractivity contribution in [1.29, 1.82) is 0 Å². The van der Waals surface area contributed by atoms with Gasteiger partial charge in [0.2, 0.25) is 0 Å². The Bertz CT molecular complexity index is 761. The largest absolute Gasteiger partial charge is 0.324 e. The van der Waals surface area contributed by atoms with Crippen molar-refractivity contribution in [2.45, 2.75) is 65.0 Å². The van der Waals surface area contributed by atoms with E-state index in [1.54, 1.807) is 12.1 Å². The van der Waals surface area contributed by atoms with Gasteiger partial charge >= 0.3 is 0 Å². The molecule has 0 aliphatic carbocycles. The van der Waals surface area contributed by atoms with E-state index < -0.39 is 0 Å². The topological polar surface area (TPSA) is 47.1 Å². The van der Waals surface area contributed by atoms with Gasteiger partial charge in [-0.1, -0.05) is 19.1 Å². The highest BCUT2D eigenvalue weighted by Crippen LogP contribution is 2.33. The van der Waals surface area contributed by atoms with Crippen LogP contribution in [0.2, 0.25) is 0 Å². The summed E-state index contributed by atoms with van der Waals surface area (Å²) in [5.74, 6) is 0.409. The van der Waals surface area contributed by atoms with Crippen LogP contribution >= 0.6 is 37.2 Å². The van der Waals surface area contributed by atoms with Gasteiger partial charge in [-0.05, 0) is 88.3 Å². The van der Waals surface area contributed by atoms with Crippen LogP contribution < -0.4 is 5.73 Å². The van der Waals surface area contributed by atoms with Gasteiger partial charge in [0.25, 0.3) is 0 Å². The molecule has 0 amide bonds. The number of likely N-dealkylation sites (tertiary alicyclic amines) is 1. The summed E-state index contributed by atoms with van der Waals surface area (Å²) in [6.07, 6.45) is 4.23. The zero-order valence-electron chi connectivity index (χ0n) is 18.1. The number of benzene rings is 1. The van der Waals surface area contributed by atoms with Crippen molar-refractivity contribution in [3.63, 3.8) is 0 Å². The molecule has 172 valence electrons. The van der Waals surface area contributed by atoms with Crippen LogP contribution in [0.4, 0.5) is 4.39 Å². The van der Waals surface area contributed by atoms with E-state index in [9.17, 15) is 4.39 Å². The fourth-order valence-corrected chi connectivity index (χ4v) is 4.39. The molecule has 4 nitrogen and oxygen atoms in total. The van der Waals surface area contributed by atoms with Crippen molar-refractivity contribution in [3.8, 4) is 0 Å². The van der Waals surface area contributed by atoms with Crippen LogP contribution in [0.25, 0.3) is 0 Å². The van der Waals surface area contributed by atoms with Crippen LogP contribution in [0.3, 0.4) is 0 Å². The lowest BCUT2D eigenvalue weighted by Gasteiger charge is -2.33. The molecule has 1 saturated heterocycles. The Kier molecular flexibility index (Phi) is 13.2. The van der Waals surface area contributed by atoms with Gasteiger partial charge in [-0.15, -0.1) is 37.2 Å². The number of hydrogen-bond donors (Lipinski definition) is 1. The number of nitrogens with zero attached hydrogens (tertiary/aromatic N) is 3. The Hall–Kier alpha value is -0.850. The SMILES string of the molecule is CCc1nn(CC)c(C)c1C1CCN(CC[C@H](N)c2cccc(F)c2)CC1.Cl.Cl.Cl. The number of piperidine rings is 1. The minimum absolute atomic E-state index is 0. The first-order valence-corrected chi connectivity index (χ1v) is 10.3. The maximum absolute atomic E-state index is 13.4. The van der Waals surface area contributed by atoms with Crippen molar-refractivity contribution in [2.24, 2.45) is 5.73 Å². The number of aromatic nitrogens is 2. The van der Waals surface area contributed by atoms with Gasteiger partial charge < -0.3 is 10.6 Å². The molecule has 1 aromatic heterocycles. The van der Waals surface area contributed by atoms with E-state index in [1.165, 1.54) is 35.9 Å². The summed E-state index contributed by atoms with van der Waals surface area (Å²) in [4.78, 5) is 2.50. The molecule has 0 unspecified atom stereocenters. The highest BCUT2D eigenvalue weighted by atomic mass is 35.5. The van der Waals surface area contributed by atoms with E-state index in [-0.39, 0.29) is 49.1 Å². The molecule has 1 aliphatic rings. The van der Waals surface area contributed by atoms with Crippen molar-refractivity contribution < 1.29 is 4.39 Å². The average Bonchev–Trinajstić information content (AvgIpc) is 3.02. The number of aryl methyl sites for hydroxylation is 2. The number of hydrogen-bond acceptors (Lipinski definition) is 3. The zero-order chi connectivity index (χ0) is 19.4. The first kappa shape index (κ1) is 29.1. The third-order valence-electron chi connectivity index (χ3n) is 5.99. The fourth-order valence-electron chi connectivity index (χ4n) is 4.39. The summed E-state index contributed by atoms with van der Waals surface area (Å²) < 4.78 is 15.5. The quantitative estimate of drug-likeness (QED) is 0.572. The first-order valence-electron chi connectivity index (χ1n) is 10.3. The molecule has 3 rings (SSSR count). The molecule has 1 atom stereocenters. The zero-order valence-corrected chi connectivity index (χ0v) is 20.6. The molecule has 1 aromatic carbocycles. The molecule has 0 spiro atoms. The van der Waals surface area contributed by atoms with Gasteiger partial charge in [-0.25, -0.2) is 4.39 Å². The van der Waals surface area contributed by atoms with Crippen LogP contribution in [0.15, 0.2) is 24.3 Å². The summed E-state index contributed by atoms with van der Waals surface area (Å²) in [6.45, 7) is 10.7. The fraction of sp³-hybridized carbons (Fsp3) is 0.591. The molecule has 0 radical (unpaired) electrons. The minimum atomic E-state index is -0.210. The predicted octanol–water partition coefficient (Wildman–Crippen LogP) is 5.45. The van der Waals surface area contributed by atoms with Crippen LogP contribution in [0, 0.1) is 12.7 Å². The first-order chi connectivity index (χ1) is 13.0. The van der Waals surface area contributed by atoms with Crippen molar-refractivity contribution in [1.82, 2.24) is 14.7 Å². The summed E-state index contributed by atoms with van der Waals surface area (Å²) in [7, 11) is 0. The second-order valence-electron chi connectivity index (χ2n) is 7.68. The summed E-state index contributed by atoms with van der Waals surface area (Å²) in [5.41, 5.74) is 11.3. The van der Waals surface area contributed by atoms with Crippen LogP contribution in [-0.4, -0.2) is 34.3 Å². The lowest BCUT2D eigenvalue weighted by Crippen LogP contribution is -2.35. The molecule has 1 fully saturated rings. The van der Waals surface area contributed by atoms with Gasteiger partial charge in [-0.2, -0.15) is 5.10 Å². The van der Waals surface area contributed by atoms with E-state index in [2.05, 4.69) is 30.4 Å². The maximum atomic E-state index is 13.4. The van der Waals surface area contributed by atoms with E-state index in [0.29, 0.717) is 5.92 Å². The Morgan fingerprint density at radius 3 is 2.40 bits per heavy atom. The van der Waals surface area contributed by atoms with Crippen molar-refractivity contribution in [2.75, 3.05) is 19.6 Å². The highest BCUT2D eigenvalue weighted by molar-refractivity contribution is 5.86. The van der Waals surface area contributed by atoms with Gasteiger partial charge in [0.1, 0.15) is 5.82 Å². The normalized spacial score (nSPS) is 15.6. The third-order valence-corrected chi connectivity index (χ3v) is 5.99. The van der Waals surface area contributed by atoms with Crippen molar-refractivity contribution in [3.05, 3.63) is 52.6 Å². The molecule has 2 aromatic rings. The molecule has 2 N–H and O–H groups in total. The monoisotopic (exact) mass is 480 g/mol. The minimum Gasteiger partial charge on any atom is -0.324 e. The second-order valence-corrected chi connectivity index (χ2v) is 7.68. The molecule has 8 heteroatoms. The van der Waals surface area contributed by atoms with E-state index in [0.717, 1.165) is 44.6 Å². The van der Waals surface area contributed by atoms with Crippen LogP contribution in [0.1, 0.15) is 67.6 Å². The third kappa shape index (κ3) is 6.83. The molecule has 1 aliphatic heterocycles. The molecule has 0 saturated carbocycles. The Balaban J connectivity index is 0.00000280. The molecule has 0 bridgehead atoms. The average molecular weight is 482 g/mol. The summed E-state index contributed by atoms with van der Waals surface area (Å²) in [5, 5.41) is 4.80. The Labute approximate surface area is 199 Å². The van der Waals surface area contributed by atoms with E-state index in [1.807, 2.05) is 6.07 Å². The van der Waals surface area contributed by atoms with Gasteiger partial charge in [0.05, 0.1) is 5.69 Å². The molecule has 30 heavy (non-hydrogen) atoms. The van der Waals surface area contributed by atoms with Crippen LogP contribution in [-0.2, 0) is 13.0 Å².